The predicted molar refractivity (Wildman–Crippen MR) is 58.4 cm³/mol. The molecule has 0 aromatic rings. The first kappa shape index (κ1) is 13.4. The van der Waals surface area contributed by atoms with Crippen LogP contribution in [-0.4, -0.2) is 23.7 Å². The molecule has 1 unspecified atom stereocenters. The summed E-state index contributed by atoms with van der Waals surface area (Å²) in [7, 11) is 0. The van der Waals surface area contributed by atoms with E-state index in [1.807, 2.05) is 6.92 Å². The van der Waals surface area contributed by atoms with Gasteiger partial charge in [0.25, 0.3) is 0 Å². The summed E-state index contributed by atoms with van der Waals surface area (Å²) in [4.78, 5) is 10.5. The molecule has 0 saturated heterocycles. The first-order valence-corrected chi connectivity index (χ1v) is 5.59. The van der Waals surface area contributed by atoms with E-state index in [0.717, 1.165) is 25.8 Å². The van der Waals surface area contributed by atoms with Gasteiger partial charge in [0.2, 0.25) is 0 Å². The summed E-state index contributed by atoms with van der Waals surface area (Å²) in [5, 5.41) is 12.1. The maximum absolute atomic E-state index is 10.5. The van der Waals surface area contributed by atoms with Gasteiger partial charge in [0.05, 0.1) is 0 Å². The minimum atomic E-state index is -0.691. The molecule has 0 spiro atoms. The van der Waals surface area contributed by atoms with Gasteiger partial charge in [0.15, 0.2) is 0 Å². The molecule has 0 radical (unpaired) electrons. The van der Waals surface area contributed by atoms with E-state index >= 15 is 0 Å². The summed E-state index contributed by atoms with van der Waals surface area (Å²) in [6.07, 6.45) is 3.43. The molecule has 0 saturated carbocycles. The van der Waals surface area contributed by atoms with Crippen LogP contribution < -0.4 is 5.32 Å². The second-order valence-electron chi connectivity index (χ2n) is 3.79. The van der Waals surface area contributed by atoms with Crippen molar-refractivity contribution in [3.63, 3.8) is 0 Å². The van der Waals surface area contributed by atoms with E-state index in [2.05, 4.69) is 19.2 Å². The zero-order chi connectivity index (χ0) is 11.0. The van der Waals surface area contributed by atoms with E-state index < -0.39 is 5.97 Å². The van der Waals surface area contributed by atoms with Crippen molar-refractivity contribution in [2.75, 3.05) is 6.54 Å². The average molecular weight is 201 g/mol. The van der Waals surface area contributed by atoms with Gasteiger partial charge in [-0.25, -0.2) is 0 Å². The fourth-order valence-corrected chi connectivity index (χ4v) is 1.52. The van der Waals surface area contributed by atoms with Crippen molar-refractivity contribution >= 4 is 5.97 Å². The van der Waals surface area contributed by atoms with E-state index in [-0.39, 0.29) is 12.3 Å². The largest absolute Gasteiger partial charge is 0.481 e. The van der Waals surface area contributed by atoms with Gasteiger partial charge in [-0.2, -0.15) is 0 Å². The highest BCUT2D eigenvalue weighted by molar-refractivity contribution is 5.67. The van der Waals surface area contributed by atoms with Crippen LogP contribution in [0.25, 0.3) is 0 Å². The maximum atomic E-state index is 10.5. The number of hydrogen-bond acceptors (Lipinski definition) is 2. The molecule has 0 bridgehead atoms. The Kier molecular flexibility index (Phi) is 7.48. The topological polar surface area (TPSA) is 49.3 Å². The molecule has 1 atom stereocenters. The molecule has 0 fully saturated rings. The van der Waals surface area contributed by atoms with E-state index in [1.165, 1.54) is 0 Å². The minimum absolute atomic E-state index is 0.271. The first-order valence-electron chi connectivity index (χ1n) is 5.59. The first-order chi connectivity index (χ1) is 6.63. The molecule has 0 rings (SSSR count). The zero-order valence-electron chi connectivity index (χ0n) is 9.55. The van der Waals surface area contributed by atoms with E-state index in [9.17, 15) is 4.79 Å². The lowest BCUT2D eigenvalue weighted by Crippen LogP contribution is -2.33. The summed E-state index contributed by atoms with van der Waals surface area (Å²) in [6, 6.07) is 0.540. The molecule has 0 aromatic carbocycles. The van der Waals surface area contributed by atoms with Crippen LogP contribution in [0.5, 0.6) is 0 Å². The quantitative estimate of drug-likeness (QED) is 0.633. The maximum Gasteiger partial charge on any atom is 0.303 e. The molecule has 0 aliphatic heterocycles. The number of carboxylic acids is 1. The highest BCUT2D eigenvalue weighted by atomic mass is 16.4. The lowest BCUT2D eigenvalue weighted by molar-refractivity contribution is -0.138. The van der Waals surface area contributed by atoms with Crippen LogP contribution in [0.2, 0.25) is 0 Å². The van der Waals surface area contributed by atoms with Crippen molar-refractivity contribution in [2.24, 2.45) is 5.92 Å². The third-order valence-electron chi connectivity index (χ3n) is 2.72. The number of nitrogens with one attached hydrogen (secondary N) is 1. The van der Waals surface area contributed by atoms with Crippen LogP contribution >= 0.6 is 0 Å². The van der Waals surface area contributed by atoms with Gasteiger partial charge in [-0.05, 0) is 25.3 Å². The Hall–Kier alpha value is -0.570. The molecule has 0 amide bonds. The van der Waals surface area contributed by atoms with Crippen LogP contribution in [0.15, 0.2) is 0 Å². The summed E-state index contributed by atoms with van der Waals surface area (Å²) in [6.45, 7) is 7.18. The van der Waals surface area contributed by atoms with Gasteiger partial charge in [-0.3, -0.25) is 4.79 Å². The smallest absolute Gasteiger partial charge is 0.303 e. The van der Waals surface area contributed by atoms with Crippen molar-refractivity contribution in [1.82, 2.24) is 5.32 Å². The molecule has 2 N–H and O–H groups in total. The number of carbonyl (C=O) groups is 1. The molecule has 0 heterocycles. The Labute approximate surface area is 86.9 Å². The van der Waals surface area contributed by atoms with Crippen molar-refractivity contribution in [3.8, 4) is 0 Å². The van der Waals surface area contributed by atoms with Gasteiger partial charge in [-0.1, -0.05) is 27.2 Å². The van der Waals surface area contributed by atoms with Gasteiger partial charge in [0, 0.05) is 12.5 Å². The van der Waals surface area contributed by atoms with Crippen LogP contribution in [-0.2, 0) is 4.79 Å². The van der Waals surface area contributed by atoms with Crippen molar-refractivity contribution < 1.29 is 9.90 Å². The van der Waals surface area contributed by atoms with E-state index in [0.29, 0.717) is 6.04 Å². The lowest BCUT2D eigenvalue weighted by atomic mass is 10.0. The molecular formula is C11H23NO2. The molecule has 0 aromatic heterocycles. The number of hydrogen-bond donors (Lipinski definition) is 2. The molecule has 84 valence electrons. The summed E-state index contributed by atoms with van der Waals surface area (Å²) < 4.78 is 0. The summed E-state index contributed by atoms with van der Waals surface area (Å²) in [5.74, 6) is -0.420. The molecule has 0 aliphatic carbocycles. The molecular weight excluding hydrogens is 178 g/mol. The lowest BCUT2D eigenvalue weighted by Gasteiger charge is -2.19. The third-order valence-corrected chi connectivity index (χ3v) is 2.72. The SMILES string of the molecule is CCC(CNC(CC)CC)CC(=O)O. The molecule has 0 aliphatic rings. The Bertz CT molecular complexity index is 155. The van der Waals surface area contributed by atoms with Crippen molar-refractivity contribution in [3.05, 3.63) is 0 Å². The van der Waals surface area contributed by atoms with Gasteiger partial charge >= 0.3 is 5.97 Å². The molecule has 3 nitrogen and oxygen atoms in total. The number of rotatable bonds is 8. The van der Waals surface area contributed by atoms with Crippen LogP contribution in [0.1, 0.15) is 46.5 Å². The minimum Gasteiger partial charge on any atom is -0.481 e. The highest BCUT2D eigenvalue weighted by Gasteiger charge is 2.12. The number of aliphatic carboxylic acids is 1. The Morgan fingerprint density at radius 1 is 1.21 bits per heavy atom. The van der Waals surface area contributed by atoms with Crippen molar-refractivity contribution in [1.29, 1.82) is 0 Å². The molecule has 3 heteroatoms. The van der Waals surface area contributed by atoms with Crippen LogP contribution in [0.3, 0.4) is 0 Å². The van der Waals surface area contributed by atoms with Crippen LogP contribution in [0, 0.1) is 5.92 Å². The zero-order valence-corrected chi connectivity index (χ0v) is 9.55. The predicted octanol–water partition coefficient (Wildman–Crippen LogP) is 2.27. The second-order valence-corrected chi connectivity index (χ2v) is 3.79. The van der Waals surface area contributed by atoms with Crippen LogP contribution in [0.4, 0.5) is 0 Å². The van der Waals surface area contributed by atoms with Gasteiger partial charge in [-0.15, -0.1) is 0 Å². The summed E-state index contributed by atoms with van der Waals surface area (Å²) in [5.41, 5.74) is 0. The summed E-state index contributed by atoms with van der Waals surface area (Å²) >= 11 is 0. The monoisotopic (exact) mass is 201 g/mol. The van der Waals surface area contributed by atoms with E-state index in [1.54, 1.807) is 0 Å². The Morgan fingerprint density at radius 3 is 2.14 bits per heavy atom. The number of carboxylic acid groups (broad SMARTS) is 1. The highest BCUT2D eigenvalue weighted by Crippen LogP contribution is 2.08. The fourth-order valence-electron chi connectivity index (χ4n) is 1.52. The van der Waals surface area contributed by atoms with Gasteiger partial charge < -0.3 is 10.4 Å². The Morgan fingerprint density at radius 2 is 1.79 bits per heavy atom. The Balaban J connectivity index is 3.76. The third kappa shape index (κ3) is 5.97. The van der Waals surface area contributed by atoms with Gasteiger partial charge in [0.1, 0.15) is 0 Å². The van der Waals surface area contributed by atoms with E-state index in [4.69, 9.17) is 5.11 Å². The second kappa shape index (κ2) is 7.80. The normalized spacial score (nSPS) is 13.1. The molecule has 14 heavy (non-hydrogen) atoms. The van der Waals surface area contributed by atoms with Crippen molar-refractivity contribution in [2.45, 2.75) is 52.5 Å². The standard InChI is InChI=1S/C11H23NO2/c1-4-9(7-11(13)14)8-12-10(5-2)6-3/h9-10,12H,4-8H2,1-3H3,(H,13,14). The fraction of sp³-hybridized carbons (Fsp3) is 0.909. The average Bonchev–Trinajstić information content (AvgIpc) is 2.17.